The molecule has 2 aromatic carbocycles. The van der Waals surface area contributed by atoms with Crippen molar-refractivity contribution < 1.29 is 19.4 Å². The van der Waals surface area contributed by atoms with E-state index in [1.165, 1.54) is 12.0 Å². The zero-order valence-electron chi connectivity index (χ0n) is 15.9. The predicted molar refractivity (Wildman–Crippen MR) is 110 cm³/mol. The Bertz CT molecular complexity index is 1070. The van der Waals surface area contributed by atoms with Gasteiger partial charge in [0.1, 0.15) is 5.70 Å². The van der Waals surface area contributed by atoms with Gasteiger partial charge in [0.2, 0.25) is 0 Å². The molecule has 0 saturated heterocycles. The summed E-state index contributed by atoms with van der Waals surface area (Å²) in [6, 6.07) is 17.7. The maximum absolute atomic E-state index is 12.6. The molecule has 3 aromatic rings. The van der Waals surface area contributed by atoms with Gasteiger partial charge in [0.05, 0.1) is 25.8 Å². The van der Waals surface area contributed by atoms with Crippen LogP contribution < -0.4 is 5.32 Å². The van der Waals surface area contributed by atoms with E-state index in [-0.39, 0.29) is 36.9 Å². The molecule has 7 nitrogen and oxygen atoms in total. The van der Waals surface area contributed by atoms with Crippen LogP contribution in [0.5, 0.6) is 0 Å². The molecule has 148 valence electrons. The molecule has 0 aliphatic carbocycles. The third-order valence-electron chi connectivity index (χ3n) is 4.95. The Balaban J connectivity index is 1.58. The zero-order chi connectivity index (χ0) is 20.4. The Morgan fingerprint density at radius 3 is 2.66 bits per heavy atom. The monoisotopic (exact) mass is 391 g/mol. The third kappa shape index (κ3) is 3.60. The topological polar surface area (TPSA) is 94.7 Å². The van der Waals surface area contributed by atoms with Gasteiger partial charge in [-0.2, -0.15) is 0 Å². The van der Waals surface area contributed by atoms with E-state index in [4.69, 9.17) is 9.84 Å². The molecule has 0 spiro atoms. The van der Waals surface area contributed by atoms with Gasteiger partial charge in [0.25, 0.3) is 5.91 Å². The van der Waals surface area contributed by atoms with Crippen LogP contribution in [-0.4, -0.2) is 53.7 Å². The van der Waals surface area contributed by atoms with Crippen LogP contribution in [0.4, 0.5) is 5.69 Å². The summed E-state index contributed by atoms with van der Waals surface area (Å²) in [5.41, 5.74) is 4.19. The van der Waals surface area contributed by atoms with Crippen molar-refractivity contribution in [3.63, 3.8) is 0 Å². The molecule has 1 aromatic heterocycles. The second kappa shape index (κ2) is 7.81. The van der Waals surface area contributed by atoms with Crippen molar-refractivity contribution in [1.82, 2.24) is 9.88 Å². The van der Waals surface area contributed by atoms with Gasteiger partial charge in [-0.15, -0.1) is 0 Å². The van der Waals surface area contributed by atoms with E-state index < -0.39 is 5.97 Å². The number of H-pyrrole nitrogens is 1. The number of rotatable bonds is 6. The quantitative estimate of drug-likeness (QED) is 0.562. The Morgan fingerprint density at radius 1 is 1.21 bits per heavy atom. The van der Waals surface area contributed by atoms with Crippen molar-refractivity contribution >= 4 is 28.5 Å². The van der Waals surface area contributed by atoms with Crippen LogP contribution >= 0.6 is 0 Å². The van der Waals surface area contributed by atoms with Gasteiger partial charge in [-0.05, 0) is 29.8 Å². The highest BCUT2D eigenvalue weighted by molar-refractivity contribution is 6.08. The van der Waals surface area contributed by atoms with Crippen LogP contribution in [0.25, 0.3) is 22.2 Å². The van der Waals surface area contributed by atoms with E-state index in [2.05, 4.69) is 22.4 Å². The number of aromatic nitrogens is 1. The van der Waals surface area contributed by atoms with E-state index >= 15 is 0 Å². The lowest BCUT2D eigenvalue weighted by atomic mass is 10.1. The van der Waals surface area contributed by atoms with Crippen molar-refractivity contribution in [3.05, 3.63) is 65.9 Å². The second-order valence-corrected chi connectivity index (χ2v) is 6.77. The molecule has 0 fully saturated rings. The number of hydrogen-bond acceptors (Lipinski definition) is 5. The van der Waals surface area contributed by atoms with Gasteiger partial charge in [0.15, 0.2) is 0 Å². The number of benzene rings is 2. The summed E-state index contributed by atoms with van der Waals surface area (Å²) in [4.78, 5) is 29.5. The standard InChI is InChI=1S/C22H21N3O4/c1-29-22(28)17-13-25(10-11-26)21(27)20(17)23-16-8-6-14(7-9-16)19-12-15-4-2-3-5-18(15)24-19/h2-9,12,23-24,26H,10-11,13H2,1H3. The fourth-order valence-electron chi connectivity index (χ4n) is 3.46. The highest BCUT2D eigenvalue weighted by Gasteiger charge is 2.34. The first-order chi connectivity index (χ1) is 14.1. The number of nitrogens with zero attached hydrogens (tertiary/aromatic N) is 1. The van der Waals surface area contributed by atoms with Crippen molar-refractivity contribution in [2.75, 3.05) is 32.1 Å². The Morgan fingerprint density at radius 2 is 1.97 bits per heavy atom. The normalized spacial score (nSPS) is 14.0. The van der Waals surface area contributed by atoms with Crippen LogP contribution in [0, 0.1) is 0 Å². The van der Waals surface area contributed by atoms with Gasteiger partial charge >= 0.3 is 5.97 Å². The number of aliphatic hydroxyl groups excluding tert-OH is 1. The van der Waals surface area contributed by atoms with Gasteiger partial charge < -0.3 is 25.0 Å². The average Bonchev–Trinajstić information content (AvgIpc) is 3.31. The summed E-state index contributed by atoms with van der Waals surface area (Å²) in [5.74, 6) is -0.893. The molecular weight excluding hydrogens is 370 g/mol. The van der Waals surface area contributed by atoms with Crippen LogP contribution in [0.15, 0.2) is 65.9 Å². The SMILES string of the molecule is COC(=O)C1=C(Nc2ccc(-c3cc4ccccc4[nH]3)cc2)C(=O)N(CCO)C1. The number of hydrogen-bond donors (Lipinski definition) is 3. The largest absolute Gasteiger partial charge is 0.466 e. The Hall–Kier alpha value is -3.58. The molecule has 1 amide bonds. The smallest absolute Gasteiger partial charge is 0.337 e. The first-order valence-corrected chi connectivity index (χ1v) is 9.27. The molecule has 4 rings (SSSR count). The number of ether oxygens (including phenoxy) is 1. The minimum absolute atomic E-state index is 0.113. The number of fused-ring (bicyclic) bond motifs is 1. The maximum atomic E-state index is 12.6. The van der Waals surface area contributed by atoms with Gasteiger partial charge in [-0.1, -0.05) is 30.3 Å². The molecule has 7 heteroatoms. The molecule has 0 bridgehead atoms. The molecule has 0 saturated carbocycles. The van der Waals surface area contributed by atoms with Crippen LogP contribution in [-0.2, 0) is 14.3 Å². The zero-order valence-corrected chi connectivity index (χ0v) is 15.9. The van der Waals surface area contributed by atoms with E-state index in [1.54, 1.807) is 0 Å². The number of β-amino-alcohol motifs (C(OH)–C–C–N with tert-alkyl or cyclic N) is 1. The summed E-state index contributed by atoms with van der Waals surface area (Å²) in [7, 11) is 1.28. The van der Waals surface area contributed by atoms with Crippen molar-refractivity contribution in [2.45, 2.75) is 0 Å². The lowest BCUT2D eigenvalue weighted by molar-refractivity contribution is -0.136. The van der Waals surface area contributed by atoms with Crippen molar-refractivity contribution in [1.29, 1.82) is 0 Å². The number of para-hydroxylation sites is 1. The Kier molecular flexibility index (Phi) is 5.05. The molecule has 2 heterocycles. The van der Waals surface area contributed by atoms with E-state index in [1.807, 2.05) is 42.5 Å². The van der Waals surface area contributed by atoms with E-state index in [0.29, 0.717) is 5.69 Å². The average molecular weight is 391 g/mol. The molecule has 1 aliphatic rings. The van der Waals surface area contributed by atoms with Crippen molar-refractivity contribution in [2.24, 2.45) is 0 Å². The number of esters is 1. The molecule has 0 radical (unpaired) electrons. The van der Waals surface area contributed by atoms with E-state index in [0.717, 1.165) is 22.2 Å². The first-order valence-electron chi connectivity index (χ1n) is 9.27. The number of nitrogens with one attached hydrogen (secondary N) is 2. The number of aliphatic hydroxyl groups is 1. The molecule has 0 unspecified atom stereocenters. The van der Waals surface area contributed by atoms with E-state index in [9.17, 15) is 9.59 Å². The molecular formula is C22H21N3O4. The minimum atomic E-state index is -0.559. The van der Waals surface area contributed by atoms with Crippen LogP contribution in [0.3, 0.4) is 0 Å². The fraction of sp³-hybridized carbons (Fsp3) is 0.182. The lowest BCUT2D eigenvalue weighted by Gasteiger charge is -2.15. The molecule has 0 atom stereocenters. The minimum Gasteiger partial charge on any atom is -0.466 e. The van der Waals surface area contributed by atoms with Crippen LogP contribution in [0.2, 0.25) is 0 Å². The highest BCUT2D eigenvalue weighted by Crippen LogP contribution is 2.27. The Labute approximate surface area is 167 Å². The number of anilines is 1. The van der Waals surface area contributed by atoms with Gasteiger partial charge in [-0.3, -0.25) is 4.79 Å². The summed E-state index contributed by atoms with van der Waals surface area (Å²) >= 11 is 0. The van der Waals surface area contributed by atoms with Gasteiger partial charge in [-0.25, -0.2) is 4.79 Å². The number of carbonyl (C=O) groups is 2. The number of amides is 1. The predicted octanol–water partition coefficient (Wildman–Crippen LogP) is 2.51. The number of carbonyl (C=O) groups excluding carboxylic acids is 2. The number of aromatic amines is 1. The summed E-state index contributed by atoms with van der Waals surface area (Å²) in [5, 5.41) is 13.3. The first kappa shape index (κ1) is 18.8. The van der Waals surface area contributed by atoms with Gasteiger partial charge in [0, 0.05) is 28.8 Å². The summed E-state index contributed by atoms with van der Waals surface area (Å²) in [6.45, 7) is 0.0953. The fourth-order valence-corrected chi connectivity index (χ4v) is 3.46. The maximum Gasteiger partial charge on any atom is 0.337 e. The van der Waals surface area contributed by atoms with Crippen LogP contribution in [0.1, 0.15) is 0 Å². The third-order valence-corrected chi connectivity index (χ3v) is 4.95. The molecule has 1 aliphatic heterocycles. The summed E-state index contributed by atoms with van der Waals surface area (Å²) < 4.78 is 4.80. The summed E-state index contributed by atoms with van der Waals surface area (Å²) in [6.07, 6.45) is 0. The molecule has 3 N–H and O–H groups in total. The highest BCUT2D eigenvalue weighted by atomic mass is 16.5. The van der Waals surface area contributed by atoms with Crippen molar-refractivity contribution in [3.8, 4) is 11.3 Å². The molecule has 29 heavy (non-hydrogen) atoms. The number of methoxy groups -OCH3 is 1. The lowest BCUT2D eigenvalue weighted by Crippen LogP contribution is -2.31. The second-order valence-electron chi connectivity index (χ2n) is 6.77.